The van der Waals surface area contributed by atoms with Crippen LogP contribution in [-0.2, 0) is 0 Å². The summed E-state index contributed by atoms with van der Waals surface area (Å²) in [5.74, 6) is 0.273. The van der Waals surface area contributed by atoms with Crippen LogP contribution in [0.3, 0.4) is 0 Å². The second-order valence-corrected chi connectivity index (χ2v) is 3.53. The van der Waals surface area contributed by atoms with E-state index in [1.807, 2.05) is 0 Å². The van der Waals surface area contributed by atoms with Crippen LogP contribution in [0.25, 0.3) is 0 Å². The molecule has 1 aromatic rings. The monoisotopic (exact) mass is 255 g/mol. The zero-order valence-electron chi connectivity index (χ0n) is 10.5. The molecule has 0 spiro atoms. The second kappa shape index (κ2) is 7.44. The lowest BCUT2D eigenvalue weighted by atomic mass is 10.4. The molecule has 0 aliphatic carbocycles. The number of methoxy groups -OCH3 is 1. The Labute approximate surface area is 105 Å². The Morgan fingerprint density at radius 3 is 2.83 bits per heavy atom. The molecule has 1 heterocycles. The van der Waals surface area contributed by atoms with Gasteiger partial charge in [0.25, 0.3) is 5.88 Å². The summed E-state index contributed by atoms with van der Waals surface area (Å²) in [6, 6.07) is 2.75. The highest BCUT2D eigenvalue weighted by Gasteiger charge is 2.17. The maximum Gasteiger partial charge on any atom is 0.331 e. The average molecular weight is 255 g/mol. The number of nitro groups is 1. The Hall–Kier alpha value is -1.89. The minimum Gasteiger partial charge on any atom is -0.481 e. The van der Waals surface area contributed by atoms with Crippen molar-refractivity contribution in [3.05, 3.63) is 22.2 Å². The molecule has 0 aromatic carbocycles. The maximum atomic E-state index is 10.8. The number of ether oxygens (including phenoxy) is 2. The van der Waals surface area contributed by atoms with E-state index < -0.39 is 4.92 Å². The zero-order chi connectivity index (χ0) is 13.4. The van der Waals surface area contributed by atoms with E-state index in [-0.39, 0.29) is 17.4 Å². The molecule has 1 aromatic heterocycles. The Balaban J connectivity index is 2.63. The van der Waals surface area contributed by atoms with Crippen molar-refractivity contribution in [2.45, 2.75) is 13.3 Å². The number of hydrogen-bond donors (Lipinski definition) is 1. The summed E-state index contributed by atoms with van der Waals surface area (Å²) in [6.45, 7) is 3.88. The van der Waals surface area contributed by atoms with Crippen molar-refractivity contribution in [1.82, 2.24) is 10.3 Å². The average Bonchev–Trinajstić information content (AvgIpc) is 2.38. The van der Waals surface area contributed by atoms with Crippen LogP contribution < -0.4 is 14.8 Å². The number of rotatable bonds is 8. The molecule has 7 nitrogen and oxygen atoms in total. The summed E-state index contributed by atoms with van der Waals surface area (Å²) in [4.78, 5) is 14.2. The molecular weight excluding hydrogens is 238 g/mol. The third kappa shape index (κ3) is 4.17. The van der Waals surface area contributed by atoms with Crippen LogP contribution in [0.15, 0.2) is 12.1 Å². The Bertz CT molecular complexity index is 398. The summed E-state index contributed by atoms with van der Waals surface area (Å²) >= 11 is 0. The number of nitrogens with zero attached hydrogens (tertiary/aromatic N) is 2. The predicted octanol–water partition coefficient (Wildman–Crippen LogP) is 1.38. The fourth-order valence-corrected chi connectivity index (χ4v) is 1.30. The molecule has 100 valence electrons. The summed E-state index contributed by atoms with van der Waals surface area (Å²) in [5, 5.41) is 13.9. The first-order valence-corrected chi connectivity index (χ1v) is 5.72. The lowest BCUT2D eigenvalue weighted by molar-refractivity contribution is -0.386. The molecule has 0 bridgehead atoms. The van der Waals surface area contributed by atoms with Gasteiger partial charge >= 0.3 is 5.69 Å². The van der Waals surface area contributed by atoms with Crippen molar-refractivity contribution < 1.29 is 14.4 Å². The minimum atomic E-state index is -0.527. The van der Waals surface area contributed by atoms with Crippen molar-refractivity contribution in [2.24, 2.45) is 0 Å². The Morgan fingerprint density at radius 2 is 2.22 bits per heavy atom. The van der Waals surface area contributed by atoms with E-state index in [0.717, 1.165) is 13.0 Å². The first-order chi connectivity index (χ1) is 8.69. The van der Waals surface area contributed by atoms with Gasteiger partial charge in [-0.15, -0.1) is 0 Å². The van der Waals surface area contributed by atoms with Gasteiger partial charge in [-0.1, -0.05) is 6.92 Å². The molecule has 0 saturated heterocycles. The molecule has 0 fully saturated rings. The number of pyridine rings is 1. The number of aromatic nitrogens is 1. The van der Waals surface area contributed by atoms with Gasteiger partial charge in [0.15, 0.2) is 0 Å². The van der Waals surface area contributed by atoms with Crippen molar-refractivity contribution in [3.63, 3.8) is 0 Å². The topological polar surface area (TPSA) is 86.5 Å². The first kappa shape index (κ1) is 14.2. The van der Waals surface area contributed by atoms with E-state index >= 15 is 0 Å². The third-order valence-corrected chi connectivity index (χ3v) is 2.16. The largest absolute Gasteiger partial charge is 0.481 e. The molecule has 0 amide bonds. The summed E-state index contributed by atoms with van der Waals surface area (Å²) in [6.07, 6.45) is 1.03. The maximum absolute atomic E-state index is 10.8. The van der Waals surface area contributed by atoms with Crippen molar-refractivity contribution in [1.29, 1.82) is 0 Å². The van der Waals surface area contributed by atoms with Gasteiger partial charge in [-0.25, -0.2) is 0 Å². The molecule has 7 heteroatoms. The Morgan fingerprint density at radius 1 is 1.44 bits per heavy atom. The van der Waals surface area contributed by atoms with E-state index in [2.05, 4.69) is 17.2 Å². The highest BCUT2D eigenvalue weighted by atomic mass is 16.6. The Kier molecular flexibility index (Phi) is 5.86. The normalized spacial score (nSPS) is 10.1. The minimum absolute atomic E-state index is 0.0161. The van der Waals surface area contributed by atoms with Gasteiger partial charge in [-0.3, -0.25) is 10.1 Å². The van der Waals surface area contributed by atoms with Crippen molar-refractivity contribution in [2.75, 3.05) is 26.8 Å². The standard InChI is InChI=1S/C11H17N3O4/c1-3-6-12-7-8-18-11-9(14(15)16)4-5-10(13-11)17-2/h4-5,12H,3,6-8H2,1-2H3. The van der Waals surface area contributed by atoms with E-state index in [9.17, 15) is 10.1 Å². The molecule has 18 heavy (non-hydrogen) atoms. The third-order valence-electron chi connectivity index (χ3n) is 2.16. The fraction of sp³-hybridized carbons (Fsp3) is 0.545. The van der Waals surface area contributed by atoms with Gasteiger partial charge in [0, 0.05) is 18.7 Å². The van der Waals surface area contributed by atoms with Crippen LogP contribution >= 0.6 is 0 Å². The van der Waals surface area contributed by atoms with Crippen LogP contribution in [0, 0.1) is 10.1 Å². The highest BCUT2D eigenvalue weighted by Crippen LogP contribution is 2.26. The summed E-state index contributed by atoms with van der Waals surface area (Å²) < 4.78 is 10.2. The first-order valence-electron chi connectivity index (χ1n) is 5.72. The van der Waals surface area contributed by atoms with Gasteiger partial charge in [-0.05, 0) is 13.0 Å². The van der Waals surface area contributed by atoms with Gasteiger partial charge in [0.1, 0.15) is 6.61 Å². The molecule has 0 radical (unpaired) electrons. The number of hydrogen-bond acceptors (Lipinski definition) is 6. The van der Waals surface area contributed by atoms with Crippen molar-refractivity contribution >= 4 is 5.69 Å². The van der Waals surface area contributed by atoms with E-state index in [1.165, 1.54) is 19.2 Å². The van der Waals surface area contributed by atoms with Crippen LogP contribution in [0.4, 0.5) is 5.69 Å². The second-order valence-electron chi connectivity index (χ2n) is 3.53. The molecule has 0 aliphatic rings. The SMILES string of the molecule is CCCNCCOc1nc(OC)ccc1[N+](=O)[O-]. The van der Waals surface area contributed by atoms with Gasteiger partial charge in [-0.2, -0.15) is 4.98 Å². The van der Waals surface area contributed by atoms with Gasteiger partial charge in [0.2, 0.25) is 5.88 Å². The van der Waals surface area contributed by atoms with E-state index in [4.69, 9.17) is 9.47 Å². The molecule has 0 unspecified atom stereocenters. The van der Waals surface area contributed by atoms with Crippen LogP contribution in [-0.4, -0.2) is 36.7 Å². The molecule has 1 N–H and O–H groups in total. The fourth-order valence-electron chi connectivity index (χ4n) is 1.30. The molecule has 1 rings (SSSR count). The highest BCUT2D eigenvalue weighted by molar-refractivity contribution is 5.42. The van der Waals surface area contributed by atoms with Gasteiger partial charge in [0.05, 0.1) is 12.0 Å². The molecular formula is C11H17N3O4. The summed E-state index contributed by atoms with van der Waals surface area (Å²) in [5.41, 5.74) is -0.161. The van der Waals surface area contributed by atoms with E-state index in [1.54, 1.807) is 0 Å². The molecule has 0 saturated carbocycles. The van der Waals surface area contributed by atoms with Gasteiger partial charge < -0.3 is 14.8 Å². The lowest BCUT2D eigenvalue weighted by Gasteiger charge is -2.07. The van der Waals surface area contributed by atoms with Crippen LogP contribution in [0.2, 0.25) is 0 Å². The van der Waals surface area contributed by atoms with Crippen LogP contribution in [0.1, 0.15) is 13.3 Å². The predicted molar refractivity (Wildman–Crippen MR) is 66.1 cm³/mol. The number of nitrogens with one attached hydrogen (secondary N) is 1. The quantitative estimate of drug-likeness (QED) is 0.429. The van der Waals surface area contributed by atoms with Crippen LogP contribution in [0.5, 0.6) is 11.8 Å². The van der Waals surface area contributed by atoms with Crippen molar-refractivity contribution in [3.8, 4) is 11.8 Å². The smallest absolute Gasteiger partial charge is 0.331 e. The van der Waals surface area contributed by atoms with E-state index in [0.29, 0.717) is 13.2 Å². The zero-order valence-corrected chi connectivity index (χ0v) is 10.5. The molecule has 0 atom stereocenters. The molecule has 0 aliphatic heterocycles. The summed E-state index contributed by atoms with van der Waals surface area (Å²) in [7, 11) is 1.45. The lowest BCUT2D eigenvalue weighted by Crippen LogP contribution is -2.22.